The Morgan fingerprint density at radius 1 is 1.38 bits per heavy atom. The number of likely N-dealkylation sites (tertiary alicyclic amines) is 1. The quantitative estimate of drug-likeness (QED) is 0.715. The number of ether oxygens (including phenoxy) is 1. The van der Waals surface area contributed by atoms with E-state index in [1.165, 1.54) is 23.5 Å². The number of carbonyl (C=O) groups excluding carboxylic acids is 3. The van der Waals surface area contributed by atoms with Crippen LogP contribution >= 0.6 is 0 Å². The van der Waals surface area contributed by atoms with Crippen LogP contribution in [0.15, 0.2) is 18.6 Å². The molecular weight excluding hydrogens is 276 g/mol. The molecule has 0 aromatic carbocycles. The highest BCUT2D eigenvalue weighted by atomic mass is 16.5. The van der Waals surface area contributed by atoms with E-state index in [2.05, 4.69) is 15.3 Å². The zero-order valence-electron chi connectivity index (χ0n) is 11.6. The number of amides is 2. The van der Waals surface area contributed by atoms with E-state index in [9.17, 15) is 14.4 Å². The predicted octanol–water partition coefficient (Wildman–Crippen LogP) is -0.772. The summed E-state index contributed by atoms with van der Waals surface area (Å²) < 4.78 is 4.71. The minimum Gasteiger partial charge on any atom is -0.465 e. The molecule has 112 valence electrons. The number of carbonyl (C=O) groups is 3. The van der Waals surface area contributed by atoms with Gasteiger partial charge >= 0.3 is 5.97 Å². The van der Waals surface area contributed by atoms with Crippen LogP contribution in [0.5, 0.6) is 0 Å². The van der Waals surface area contributed by atoms with Gasteiger partial charge in [0, 0.05) is 25.5 Å². The molecule has 1 aromatic heterocycles. The van der Waals surface area contributed by atoms with Gasteiger partial charge in [0.1, 0.15) is 12.2 Å². The zero-order chi connectivity index (χ0) is 15.2. The molecule has 2 amide bonds. The molecule has 21 heavy (non-hydrogen) atoms. The van der Waals surface area contributed by atoms with E-state index in [1.807, 2.05) is 0 Å². The average Bonchev–Trinajstić information content (AvgIpc) is 2.44. The Bertz CT molecular complexity index is 528. The fourth-order valence-corrected chi connectivity index (χ4v) is 1.90. The highest BCUT2D eigenvalue weighted by Crippen LogP contribution is 2.17. The number of hydrogen-bond donors (Lipinski definition) is 1. The van der Waals surface area contributed by atoms with Crippen molar-refractivity contribution in [3.8, 4) is 0 Å². The van der Waals surface area contributed by atoms with Gasteiger partial charge in [-0.05, 0) is 6.92 Å². The largest absolute Gasteiger partial charge is 0.465 e. The van der Waals surface area contributed by atoms with Crippen LogP contribution in [-0.4, -0.2) is 58.9 Å². The van der Waals surface area contributed by atoms with Crippen LogP contribution in [0.1, 0.15) is 17.4 Å². The Labute approximate surface area is 121 Å². The van der Waals surface area contributed by atoms with Gasteiger partial charge in [0.15, 0.2) is 0 Å². The number of esters is 1. The van der Waals surface area contributed by atoms with Gasteiger partial charge < -0.3 is 15.0 Å². The number of rotatable bonds is 5. The van der Waals surface area contributed by atoms with E-state index in [-0.39, 0.29) is 36.6 Å². The Morgan fingerprint density at radius 2 is 2.14 bits per heavy atom. The maximum absolute atomic E-state index is 12.0. The first-order valence-corrected chi connectivity index (χ1v) is 6.60. The van der Waals surface area contributed by atoms with Gasteiger partial charge in [-0.3, -0.25) is 19.4 Å². The monoisotopic (exact) mass is 292 g/mol. The van der Waals surface area contributed by atoms with Gasteiger partial charge in [0.25, 0.3) is 5.91 Å². The van der Waals surface area contributed by atoms with Crippen molar-refractivity contribution in [3.63, 3.8) is 0 Å². The summed E-state index contributed by atoms with van der Waals surface area (Å²) in [5.41, 5.74) is 0.253. The summed E-state index contributed by atoms with van der Waals surface area (Å²) in [7, 11) is 0. The SMILES string of the molecule is CCOC(=O)CNC(=O)C1CN(C(=O)c2cnccn2)C1. The molecule has 8 heteroatoms. The van der Waals surface area contributed by atoms with E-state index < -0.39 is 5.97 Å². The van der Waals surface area contributed by atoms with Crippen molar-refractivity contribution in [2.75, 3.05) is 26.2 Å². The standard InChI is InChI=1S/C13H16N4O4/c1-2-21-11(18)6-16-12(19)9-7-17(8-9)13(20)10-5-14-3-4-15-10/h3-5,9H,2,6-8H2,1H3,(H,16,19). The van der Waals surface area contributed by atoms with E-state index in [0.717, 1.165) is 0 Å². The van der Waals surface area contributed by atoms with Crippen LogP contribution < -0.4 is 5.32 Å². The molecule has 2 rings (SSSR count). The number of aromatic nitrogens is 2. The van der Waals surface area contributed by atoms with Gasteiger partial charge in [0.05, 0.1) is 18.7 Å². The lowest BCUT2D eigenvalue weighted by Gasteiger charge is -2.37. The summed E-state index contributed by atoms with van der Waals surface area (Å²) in [6.45, 7) is 2.44. The maximum atomic E-state index is 12.0. The van der Waals surface area contributed by atoms with Crippen molar-refractivity contribution in [1.29, 1.82) is 0 Å². The summed E-state index contributed by atoms with van der Waals surface area (Å²) in [5.74, 6) is -1.29. The smallest absolute Gasteiger partial charge is 0.325 e. The molecule has 1 N–H and O–H groups in total. The molecule has 0 spiro atoms. The van der Waals surface area contributed by atoms with E-state index in [1.54, 1.807) is 6.92 Å². The lowest BCUT2D eigenvalue weighted by molar-refractivity contribution is -0.144. The van der Waals surface area contributed by atoms with Gasteiger partial charge in [-0.2, -0.15) is 0 Å². The highest BCUT2D eigenvalue weighted by molar-refractivity contribution is 5.94. The molecule has 2 heterocycles. The summed E-state index contributed by atoms with van der Waals surface area (Å²) in [6, 6.07) is 0. The summed E-state index contributed by atoms with van der Waals surface area (Å²) in [4.78, 5) is 44.1. The topological polar surface area (TPSA) is 101 Å². The van der Waals surface area contributed by atoms with Gasteiger partial charge in [-0.1, -0.05) is 0 Å². The first-order chi connectivity index (χ1) is 10.1. The molecule has 0 bridgehead atoms. The summed E-state index contributed by atoms with van der Waals surface area (Å²) in [5, 5.41) is 2.49. The second-order valence-electron chi connectivity index (χ2n) is 4.52. The third kappa shape index (κ3) is 3.74. The van der Waals surface area contributed by atoms with Gasteiger partial charge in [0.2, 0.25) is 5.91 Å². The summed E-state index contributed by atoms with van der Waals surface area (Å²) >= 11 is 0. The fourth-order valence-electron chi connectivity index (χ4n) is 1.90. The third-order valence-corrected chi connectivity index (χ3v) is 3.03. The van der Waals surface area contributed by atoms with Crippen LogP contribution in [0, 0.1) is 5.92 Å². The molecular formula is C13H16N4O4. The molecule has 0 radical (unpaired) electrons. The number of nitrogens with zero attached hydrogens (tertiary/aromatic N) is 3. The van der Waals surface area contributed by atoms with E-state index >= 15 is 0 Å². The van der Waals surface area contributed by atoms with Crippen LogP contribution in [0.2, 0.25) is 0 Å². The van der Waals surface area contributed by atoms with Gasteiger partial charge in [-0.15, -0.1) is 0 Å². The number of hydrogen-bond acceptors (Lipinski definition) is 6. The summed E-state index contributed by atoms with van der Waals surface area (Å²) in [6.07, 6.45) is 4.31. The van der Waals surface area contributed by atoms with Crippen molar-refractivity contribution in [2.24, 2.45) is 5.92 Å². The average molecular weight is 292 g/mol. The van der Waals surface area contributed by atoms with Crippen molar-refractivity contribution in [1.82, 2.24) is 20.2 Å². The number of nitrogens with one attached hydrogen (secondary N) is 1. The molecule has 0 atom stereocenters. The molecule has 1 fully saturated rings. The van der Waals surface area contributed by atoms with Crippen LogP contribution in [-0.2, 0) is 14.3 Å². The molecule has 1 saturated heterocycles. The molecule has 1 aliphatic rings. The van der Waals surface area contributed by atoms with Crippen molar-refractivity contribution in [3.05, 3.63) is 24.3 Å². The maximum Gasteiger partial charge on any atom is 0.325 e. The van der Waals surface area contributed by atoms with Crippen molar-refractivity contribution < 1.29 is 19.1 Å². The zero-order valence-corrected chi connectivity index (χ0v) is 11.6. The predicted molar refractivity (Wildman–Crippen MR) is 71.1 cm³/mol. The fraction of sp³-hybridized carbons (Fsp3) is 0.462. The minimum absolute atomic E-state index is 0.152. The Balaban J connectivity index is 1.75. The molecule has 1 aliphatic heterocycles. The highest BCUT2D eigenvalue weighted by Gasteiger charge is 2.36. The van der Waals surface area contributed by atoms with Crippen molar-refractivity contribution in [2.45, 2.75) is 6.92 Å². The molecule has 8 nitrogen and oxygen atoms in total. The third-order valence-electron chi connectivity index (χ3n) is 3.03. The second kappa shape index (κ2) is 6.78. The minimum atomic E-state index is -0.474. The lowest BCUT2D eigenvalue weighted by Crippen LogP contribution is -2.56. The van der Waals surface area contributed by atoms with Crippen LogP contribution in [0.3, 0.4) is 0 Å². The molecule has 0 unspecified atom stereocenters. The van der Waals surface area contributed by atoms with Gasteiger partial charge in [-0.25, -0.2) is 4.98 Å². The van der Waals surface area contributed by atoms with E-state index in [4.69, 9.17) is 4.74 Å². The molecule has 1 aromatic rings. The van der Waals surface area contributed by atoms with Crippen molar-refractivity contribution >= 4 is 17.8 Å². The normalized spacial score (nSPS) is 14.2. The first kappa shape index (κ1) is 14.9. The van der Waals surface area contributed by atoms with Crippen LogP contribution in [0.4, 0.5) is 0 Å². The lowest BCUT2D eigenvalue weighted by atomic mass is 9.98. The molecule has 0 saturated carbocycles. The Hall–Kier alpha value is -2.51. The van der Waals surface area contributed by atoms with Crippen LogP contribution in [0.25, 0.3) is 0 Å². The first-order valence-electron chi connectivity index (χ1n) is 6.60. The Morgan fingerprint density at radius 3 is 2.76 bits per heavy atom. The second-order valence-corrected chi connectivity index (χ2v) is 4.52. The van der Waals surface area contributed by atoms with E-state index in [0.29, 0.717) is 13.1 Å². The molecule has 0 aliphatic carbocycles. The Kier molecular flexibility index (Phi) is 4.81.